The molecule has 3 rings (SSSR count). The van der Waals surface area contributed by atoms with Gasteiger partial charge >= 0.3 is 5.97 Å². The van der Waals surface area contributed by atoms with Gasteiger partial charge in [0, 0.05) is 22.3 Å². The number of nitrogens with one attached hydrogen (secondary N) is 1. The standard InChI is InChI=1S/C19H20ClN3O3/c1-5-26-19(25)13-9-23-16(15(13)10(2)3)18(24)21-17(22-23)12-7-6-11(4)14(20)8-12/h6-10H,5H2,1-4H3,(H,21,22,24). The van der Waals surface area contributed by atoms with Crippen molar-refractivity contribution in [2.45, 2.75) is 33.6 Å². The molecule has 0 aliphatic carbocycles. The molecule has 7 heteroatoms. The van der Waals surface area contributed by atoms with Gasteiger partial charge in [-0.2, -0.15) is 0 Å². The van der Waals surface area contributed by atoms with Crippen LogP contribution in [0.25, 0.3) is 16.9 Å². The molecule has 2 heterocycles. The Morgan fingerprint density at radius 3 is 2.73 bits per heavy atom. The smallest absolute Gasteiger partial charge is 0.340 e. The molecule has 2 aromatic heterocycles. The summed E-state index contributed by atoms with van der Waals surface area (Å²) < 4.78 is 6.57. The van der Waals surface area contributed by atoms with E-state index < -0.39 is 5.97 Å². The predicted molar refractivity (Wildman–Crippen MR) is 101 cm³/mol. The van der Waals surface area contributed by atoms with Crippen LogP contribution in [0.15, 0.2) is 29.2 Å². The summed E-state index contributed by atoms with van der Waals surface area (Å²) in [7, 11) is 0. The number of benzene rings is 1. The summed E-state index contributed by atoms with van der Waals surface area (Å²) in [6.07, 6.45) is 1.55. The molecule has 26 heavy (non-hydrogen) atoms. The molecule has 6 nitrogen and oxygen atoms in total. The van der Waals surface area contributed by atoms with Crippen LogP contribution in [-0.4, -0.2) is 27.2 Å². The van der Waals surface area contributed by atoms with E-state index in [1.165, 1.54) is 4.52 Å². The van der Waals surface area contributed by atoms with Crippen LogP contribution in [0.1, 0.15) is 48.2 Å². The molecule has 0 spiro atoms. The predicted octanol–water partition coefficient (Wildman–Crippen LogP) is 3.95. The Balaban J connectivity index is 2.24. The number of fused-ring (bicyclic) bond motifs is 1. The van der Waals surface area contributed by atoms with Crippen molar-refractivity contribution in [1.82, 2.24) is 14.6 Å². The van der Waals surface area contributed by atoms with Gasteiger partial charge in [0.15, 0.2) is 5.82 Å². The van der Waals surface area contributed by atoms with E-state index in [0.717, 1.165) is 5.56 Å². The Labute approximate surface area is 155 Å². The van der Waals surface area contributed by atoms with Crippen LogP contribution in [-0.2, 0) is 4.74 Å². The first-order chi connectivity index (χ1) is 12.3. The van der Waals surface area contributed by atoms with Gasteiger partial charge in [0.05, 0.1) is 12.2 Å². The van der Waals surface area contributed by atoms with E-state index >= 15 is 0 Å². The summed E-state index contributed by atoms with van der Waals surface area (Å²) in [4.78, 5) is 27.8. The number of rotatable bonds is 4. The molecule has 0 saturated carbocycles. The first-order valence-corrected chi connectivity index (χ1v) is 8.80. The molecule has 0 bridgehead atoms. The minimum Gasteiger partial charge on any atom is -0.462 e. The fraction of sp³-hybridized carbons (Fsp3) is 0.316. The minimum absolute atomic E-state index is 0.0398. The molecule has 0 atom stereocenters. The molecule has 136 valence electrons. The van der Waals surface area contributed by atoms with E-state index in [-0.39, 0.29) is 18.1 Å². The number of aromatic nitrogens is 3. The van der Waals surface area contributed by atoms with Crippen LogP contribution in [0.5, 0.6) is 0 Å². The molecular weight excluding hydrogens is 354 g/mol. The Kier molecular flexibility index (Phi) is 4.87. The highest BCUT2D eigenvalue weighted by Gasteiger charge is 2.23. The second kappa shape index (κ2) is 6.96. The van der Waals surface area contributed by atoms with E-state index in [2.05, 4.69) is 10.1 Å². The normalized spacial score (nSPS) is 11.3. The van der Waals surface area contributed by atoms with Gasteiger partial charge in [-0.1, -0.05) is 37.6 Å². The van der Waals surface area contributed by atoms with Crippen molar-refractivity contribution < 1.29 is 9.53 Å². The fourth-order valence-electron chi connectivity index (χ4n) is 2.94. The third-order valence-corrected chi connectivity index (χ3v) is 4.61. The number of H-pyrrole nitrogens is 1. The molecule has 0 amide bonds. The lowest BCUT2D eigenvalue weighted by atomic mass is 10.0. The highest BCUT2D eigenvalue weighted by Crippen LogP contribution is 2.27. The quantitative estimate of drug-likeness (QED) is 0.702. The summed E-state index contributed by atoms with van der Waals surface area (Å²) in [5, 5.41) is 5.07. The highest BCUT2D eigenvalue weighted by atomic mass is 35.5. The lowest BCUT2D eigenvalue weighted by Crippen LogP contribution is -2.15. The largest absolute Gasteiger partial charge is 0.462 e. The van der Waals surface area contributed by atoms with Gasteiger partial charge in [0.1, 0.15) is 5.52 Å². The third-order valence-electron chi connectivity index (χ3n) is 4.20. The van der Waals surface area contributed by atoms with Crippen molar-refractivity contribution in [3.05, 3.63) is 56.5 Å². The van der Waals surface area contributed by atoms with Gasteiger partial charge in [-0.3, -0.25) is 4.79 Å². The van der Waals surface area contributed by atoms with E-state index in [1.807, 2.05) is 32.9 Å². The molecule has 3 aromatic rings. The molecule has 0 radical (unpaired) electrons. The summed E-state index contributed by atoms with van der Waals surface area (Å²) in [6, 6.07) is 5.45. The number of halogens is 1. The average Bonchev–Trinajstić information content (AvgIpc) is 2.98. The number of hydrogen-bond donors (Lipinski definition) is 1. The third kappa shape index (κ3) is 3.12. The van der Waals surface area contributed by atoms with Crippen molar-refractivity contribution in [2.24, 2.45) is 0 Å². The van der Waals surface area contributed by atoms with Crippen molar-refractivity contribution >= 4 is 23.1 Å². The number of carbonyl (C=O) groups is 1. The van der Waals surface area contributed by atoms with E-state index in [0.29, 0.717) is 33.1 Å². The van der Waals surface area contributed by atoms with Crippen LogP contribution < -0.4 is 5.56 Å². The van der Waals surface area contributed by atoms with Crippen LogP contribution in [0.3, 0.4) is 0 Å². The van der Waals surface area contributed by atoms with Crippen molar-refractivity contribution in [3.8, 4) is 11.4 Å². The van der Waals surface area contributed by atoms with Crippen LogP contribution in [0.4, 0.5) is 0 Å². The zero-order valence-corrected chi connectivity index (χ0v) is 15.8. The maximum atomic E-state index is 12.7. The van der Waals surface area contributed by atoms with Crippen LogP contribution in [0, 0.1) is 6.92 Å². The summed E-state index contributed by atoms with van der Waals surface area (Å²) in [6.45, 7) is 7.75. The minimum atomic E-state index is -0.457. The Morgan fingerprint density at radius 1 is 1.38 bits per heavy atom. The zero-order valence-electron chi connectivity index (χ0n) is 15.1. The maximum Gasteiger partial charge on any atom is 0.340 e. The molecule has 0 unspecified atom stereocenters. The van der Waals surface area contributed by atoms with Gasteiger partial charge in [-0.25, -0.2) is 9.31 Å². The first kappa shape index (κ1) is 18.2. The number of nitrogens with zero attached hydrogens (tertiary/aromatic N) is 2. The van der Waals surface area contributed by atoms with Crippen molar-refractivity contribution in [2.75, 3.05) is 6.61 Å². The van der Waals surface area contributed by atoms with Gasteiger partial charge < -0.3 is 9.72 Å². The second-order valence-electron chi connectivity index (χ2n) is 6.39. The molecular formula is C19H20ClN3O3. The lowest BCUT2D eigenvalue weighted by molar-refractivity contribution is 0.0525. The lowest BCUT2D eigenvalue weighted by Gasteiger charge is -2.08. The van der Waals surface area contributed by atoms with Gasteiger partial charge in [-0.05, 0) is 31.4 Å². The highest BCUT2D eigenvalue weighted by molar-refractivity contribution is 6.31. The number of ether oxygens (including phenoxy) is 1. The monoisotopic (exact) mass is 373 g/mol. The summed E-state index contributed by atoms with van der Waals surface area (Å²) in [5.74, 6) is -0.117. The number of carbonyl (C=O) groups excluding carboxylic acids is 1. The number of esters is 1. The molecule has 0 aliphatic heterocycles. The SMILES string of the molecule is CCOC(=O)c1cn2nc(-c3ccc(C)c(Cl)c3)[nH]c(=O)c2c1C(C)C. The van der Waals surface area contributed by atoms with Crippen LogP contribution in [0.2, 0.25) is 5.02 Å². The van der Waals surface area contributed by atoms with E-state index in [1.54, 1.807) is 19.2 Å². The number of hydrogen-bond acceptors (Lipinski definition) is 4. The van der Waals surface area contributed by atoms with Crippen molar-refractivity contribution in [3.63, 3.8) is 0 Å². The van der Waals surface area contributed by atoms with Crippen LogP contribution >= 0.6 is 11.6 Å². The second-order valence-corrected chi connectivity index (χ2v) is 6.80. The van der Waals surface area contributed by atoms with E-state index in [9.17, 15) is 9.59 Å². The topological polar surface area (TPSA) is 76.5 Å². The van der Waals surface area contributed by atoms with Gasteiger partial charge in [0.25, 0.3) is 5.56 Å². The Hall–Kier alpha value is -2.60. The summed E-state index contributed by atoms with van der Waals surface area (Å²) >= 11 is 6.18. The van der Waals surface area contributed by atoms with Gasteiger partial charge in [-0.15, -0.1) is 5.10 Å². The van der Waals surface area contributed by atoms with Gasteiger partial charge in [0.2, 0.25) is 0 Å². The fourth-order valence-corrected chi connectivity index (χ4v) is 3.12. The molecule has 1 N–H and O–H groups in total. The molecule has 0 fully saturated rings. The average molecular weight is 374 g/mol. The number of aryl methyl sites for hydroxylation is 1. The Bertz CT molecular complexity index is 1050. The zero-order chi connectivity index (χ0) is 19.0. The first-order valence-electron chi connectivity index (χ1n) is 8.42. The number of aromatic amines is 1. The Morgan fingerprint density at radius 2 is 2.12 bits per heavy atom. The maximum absolute atomic E-state index is 12.7. The van der Waals surface area contributed by atoms with E-state index in [4.69, 9.17) is 16.3 Å². The molecule has 0 aliphatic rings. The van der Waals surface area contributed by atoms with Crippen molar-refractivity contribution in [1.29, 1.82) is 0 Å². The molecule has 1 aromatic carbocycles. The summed E-state index contributed by atoms with van der Waals surface area (Å²) in [5.41, 5.74) is 2.66. The molecule has 0 saturated heterocycles.